The van der Waals surface area contributed by atoms with Crippen molar-refractivity contribution >= 4 is 0 Å². The number of aromatic nitrogens is 3. The van der Waals surface area contributed by atoms with Crippen LogP contribution in [0.1, 0.15) is 17.0 Å². The van der Waals surface area contributed by atoms with Crippen molar-refractivity contribution in [3.05, 3.63) is 35.4 Å². The first-order valence-electron chi connectivity index (χ1n) is 5.94. The van der Waals surface area contributed by atoms with Gasteiger partial charge in [-0.2, -0.15) is 5.10 Å². The van der Waals surface area contributed by atoms with Crippen LogP contribution in [0, 0.1) is 13.8 Å². The van der Waals surface area contributed by atoms with Crippen molar-refractivity contribution in [3.63, 3.8) is 0 Å². The summed E-state index contributed by atoms with van der Waals surface area (Å²) >= 11 is 0. The molecule has 5 nitrogen and oxygen atoms in total. The highest BCUT2D eigenvalue weighted by molar-refractivity contribution is 5.37. The first-order chi connectivity index (χ1) is 8.61. The maximum absolute atomic E-state index is 5.86. The van der Waals surface area contributed by atoms with Crippen LogP contribution in [0.25, 0.3) is 0 Å². The number of aryl methyl sites for hydroxylation is 2. The van der Waals surface area contributed by atoms with E-state index in [0.29, 0.717) is 6.54 Å². The molecule has 0 unspecified atom stereocenters. The second kappa shape index (κ2) is 5.18. The zero-order valence-electron chi connectivity index (χ0n) is 11.0. The van der Waals surface area contributed by atoms with Gasteiger partial charge in [0.25, 0.3) is 0 Å². The molecule has 2 rings (SSSR count). The molecule has 18 heavy (non-hydrogen) atoms. The summed E-state index contributed by atoms with van der Waals surface area (Å²) in [5.41, 5.74) is 8.48. The van der Waals surface area contributed by atoms with Crippen LogP contribution in [-0.4, -0.2) is 21.3 Å². The Balaban J connectivity index is 2.25. The highest BCUT2D eigenvalue weighted by Crippen LogP contribution is 2.27. The molecule has 2 heterocycles. The predicted octanol–water partition coefficient (Wildman–Crippen LogP) is 1.73. The zero-order chi connectivity index (χ0) is 13.1. The molecule has 5 heteroatoms. The van der Waals surface area contributed by atoms with Crippen molar-refractivity contribution in [3.8, 4) is 11.5 Å². The van der Waals surface area contributed by atoms with Crippen LogP contribution in [0.4, 0.5) is 0 Å². The Morgan fingerprint density at radius 1 is 1.33 bits per heavy atom. The number of rotatable bonds is 4. The normalized spacial score (nSPS) is 10.7. The Morgan fingerprint density at radius 3 is 2.72 bits per heavy atom. The highest BCUT2D eigenvalue weighted by atomic mass is 16.5. The molecule has 0 fully saturated rings. The van der Waals surface area contributed by atoms with Gasteiger partial charge < -0.3 is 10.5 Å². The number of ether oxygens (including phenoxy) is 1. The fourth-order valence-electron chi connectivity index (χ4n) is 1.84. The van der Waals surface area contributed by atoms with E-state index >= 15 is 0 Å². The van der Waals surface area contributed by atoms with E-state index in [0.717, 1.165) is 34.9 Å². The number of pyridine rings is 1. The molecule has 2 aromatic heterocycles. The van der Waals surface area contributed by atoms with Crippen LogP contribution in [-0.2, 0) is 13.5 Å². The molecule has 96 valence electrons. The minimum atomic E-state index is 0.607. The first kappa shape index (κ1) is 12.6. The van der Waals surface area contributed by atoms with E-state index in [2.05, 4.69) is 10.1 Å². The number of nitrogens with zero attached hydrogens (tertiary/aromatic N) is 3. The predicted molar refractivity (Wildman–Crippen MR) is 69.8 cm³/mol. The quantitative estimate of drug-likeness (QED) is 0.892. The lowest BCUT2D eigenvalue weighted by atomic mass is 10.2. The van der Waals surface area contributed by atoms with Gasteiger partial charge in [0.05, 0.1) is 11.9 Å². The standard InChI is InChI=1S/C13H18N4O/c1-9-13(10(2)17(3)16-9)18-12-6-11(4-5-14)7-15-8-12/h6-8H,4-5,14H2,1-3H3. The molecule has 2 aromatic rings. The van der Waals surface area contributed by atoms with Gasteiger partial charge in [-0.25, -0.2) is 0 Å². The van der Waals surface area contributed by atoms with E-state index < -0.39 is 0 Å². The lowest BCUT2D eigenvalue weighted by Crippen LogP contribution is -2.03. The molecule has 0 spiro atoms. The third kappa shape index (κ3) is 2.51. The summed E-state index contributed by atoms with van der Waals surface area (Å²) in [6, 6.07) is 1.96. The number of hydrogen-bond acceptors (Lipinski definition) is 4. The van der Waals surface area contributed by atoms with Gasteiger partial charge in [0, 0.05) is 13.2 Å². The maximum Gasteiger partial charge on any atom is 0.171 e. The van der Waals surface area contributed by atoms with Crippen LogP contribution in [0.3, 0.4) is 0 Å². The fourth-order valence-corrected chi connectivity index (χ4v) is 1.84. The van der Waals surface area contributed by atoms with Crippen LogP contribution in [0.2, 0.25) is 0 Å². The zero-order valence-corrected chi connectivity index (χ0v) is 11.0. The van der Waals surface area contributed by atoms with Gasteiger partial charge >= 0.3 is 0 Å². The minimum absolute atomic E-state index is 0.607. The summed E-state index contributed by atoms with van der Waals surface area (Å²) in [6.07, 6.45) is 4.31. The average molecular weight is 246 g/mol. The van der Waals surface area contributed by atoms with Gasteiger partial charge in [0.15, 0.2) is 5.75 Å². The van der Waals surface area contributed by atoms with E-state index in [9.17, 15) is 0 Å². The van der Waals surface area contributed by atoms with Crippen molar-refractivity contribution in [1.29, 1.82) is 0 Å². The van der Waals surface area contributed by atoms with Gasteiger partial charge in [-0.1, -0.05) is 0 Å². The molecule has 0 atom stereocenters. The Labute approximate surface area is 107 Å². The highest BCUT2D eigenvalue weighted by Gasteiger charge is 2.11. The summed E-state index contributed by atoms with van der Waals surface area (Å²) in [6.45, 7) is 4.52. The third-order valence-corrected chi connectivity index (χ3v) is 2.87. The molecule has 0 bridgehead atoms. The first-order valence-corrected chi connectivity index (χ1v) is 5.94. The summed E-state index contributed by atoms with van der Waals surface area (Å²) < 4.78 is 7.67. The Kier molecular flexibility index (Phi) is 3.62. The topological polar surface area (TPSA) is 66.0 Å². The smallest absolute Gasteiger partial charge is 0.171 e. The lowest BCUT2D eigenvalue weighted by molar-refractivity contribution is 0.471. The third-order valence-electron chi connectivity index (χ3n) is 2.87. The van der Waals surface area contributed by atoms with E-state index in [1.165, 1.54) is 0 Å². The molecule has 0 radical (unpaired) electrons. The monoisotopic (exact) mass is 246 g/mol. The van der Waals surface area contributed by atoms with Crippen LogP contribution >= 0.6 is 0 Å². The van der Waals surface area contributed by atoms with Gasteiger partial charge in [-0.15, -0.1) is 0 Å². The Hall–Kier alpha value is -1.88. The molecule has 0 aliphatic rings. The largest absolute Gasteiger partial charge is 0.452 e. The van der Waals surface area contributed by atoms with E-state index in [4.69, 9.17) is 10.5 Å². The summed E-state index contributed by atoms with van der Waals surface area (Å²) in [5.74, 6) is 1.52. The van der Waals surface area contributed by atoms with Gasteiger partial charge in [0.1, 0.15) is 11.4 Å². The molecular weight excluding hydrogens is 228 g/mol. The number of nitrogens with two attached hydrogens (primary N) is 1. The van der Waals surface area contributed by atoms with Crippen molar-refractivity contribution < 1.29 is 4.74 Å². The van der Waals surface area contributed by atoms with Gasteiger partial charge in [0.2, 0.25) is 0 Å². The van der Waals surface area contributed by atoms with Crippen molar-refractivity contribution in [2.75, 3.05) is 6.54 Å². The average Bonchev–Trinajstić information content (AvgIpc) is 2.57. The molecule has 0 saturated heterocycles. The van der Waals surface area contributed by atoms with Crippen molar-refractivity contribution in [2.45, 2.75) is 20.3 Å². The molecule has 0 saturated carbocycles. The van der Waals surface area contributed by atoms with E-state index in [1.807, 2.05) is 37.8 Å². The SMILES string of the molecule is Cc1nn(C)c(C)c1Oc1cncc(CCN)c1. The van der Waals surface area contributed by atoms with E-state index in [-0.39, 0.29) is 0 Å². The Bertz CT molecular complexity index is 548. The van der Waals surface area contributed by atoms with Crippen molar-refractivity contribution in [2.24, 2.45) is 12.8 Å². The summed E-state index contributed by atoms with van der Waals surface area (Å²) in [5, 5.41) is 4.32. The van der Waals surface area contributed by atoms with Gasteiger partial charge in [-0.05, 0) is 38.4 Å². The maximum atomic E-state index is 5.86. The second-order valence-electron chi connectivity index (χ2n) is 4.29. The fraction of sp³-hybridized carbons (Fsp3) is 0.385. The molecule has 0 aromatic carbocycles. The van der Waals surface area contributed by atoms with Crippen LogP contribution < -0.4 is 10.5 Å². The summed E-state index contributed by atoms with van der Waals surface area (Å²) in [7, 11) is 1.90. The molecule has 2 N–H and O–H groups in total. The summed E-state index contributed by atoms with van der Waals surface area (Å²) in [4.78, 5) is 4.16. The van der Waals surface area contributed by atoms with Crippen LogP contribution in [0.15, 0.2) is 18.5 Å². The van der Waals surface area contributed by atoms with Crippen LogP contribution in [0.5, 0.6) is 11.5 Å². The minimum Gasteiger partial charge on any atom is -0.452 e. The van der Waals surface area contributed by atoms with Gasteiger partial charge in [-0.3, -0.25) is 9.67 Å². The molecule has 0 aliphatic heterocycles. The lowest BCUT2D eigenvalue weighted by Gasteiger charge is -2.07. The second-order valence-corrected chi connectivity index (χ2v) is 4.29. The molecule has 0 amide bonds. The van der Waals surface area contributed by atoms with Crippen molar-refractivity contribution in [1.82, 2.24) is 14.8 Å². The molecule has 0 aliphatic carbocycles. The molecular formula is C13H18N4O. The Morgan fingerprint density at radius 2 is 2.11 bits per heavy atom. The van der Waals surface area contributed by atoms with E-state index in [1.54, 1.807) is 6.20 Å². The number of hydrogen-bond donors (Lipinski definition) is 1.